The van der Waals surface area contributed by atoms with Crippen LogP contribution in [0.25, 0.3) is 0 Å². The Balaban J connectivity index is 2.68. The second kappa shape index (κ2) is 5.42. The fraction of sp³-hybridized carbons (Fsp3) is 0.400. The maximum atomic E-state index is 11.7. The summed E-state index contributed by atoms with van der Waals surface area (Å²) in [4.78, 5) is 9.62. The first-order chi connectivity index (χ1) is 7.06. The van der Waals surface area contributed by atoms with Crippen molar-refractivity contribution in [2.75, 3.05) is 6.54 Å². The molecule has 1 rings (SSSR count). The third kappa shape index (κ3) is 3.76. The monoisotopic (exact) mass is 229 g/mol. The summed E-state index contributed by atoms with van der Waals surface area (Å²) in [5, 5.41) is 9.45. The minimum atomic E-state index is -3.55. The molecule has 0 amide bonds. The van der Waals surface area contributed by atoms with Crippen LogP contribution in [0.2, 0.25) is 0 Å². The Morgan fingerprint density at radius 3 is 2.47 bits per heavy atom. The van der Waals surface area contributed by atoms with Gasteiger partial charge in [0.1, 0.15) is 5.85 Å². The molecule has 0 radical (unpaired) electrons. The van der Waals surface area contributed by atoms with Crippen LogP contribution in [0.1, 0.15) is 12.0 Å². The van der Waals surface area contributed by atoms with Gasteiger partial charge in [0.15, 0.2) is 0 Å². The SMILES string of the molecule is NCC[C@H](O)P(=O)(O)Cc1ccccc1. The topological polar surface area (TPSA) is 83.5 Å². The lowest BCUT2D eigenvalue weighted by Gasteiger charge is -2.17. The van der Waals surface area contributed by atoms with Crippen molar-refractivity contribution in [2.24, 2.45) is 5.73 Å². The van der Waals surface area contributed by atoms with Gasteiger partial charge in [-0.15, -0.1) is 0 Å². The number of aliphatic hydroxyl groups excluding tert-OH is 1. The van der Waals surface area contributed by atoms with E-state index in [-0.39, 0.29) is 19.1 Å². The van der Waals surface area contributed by atoms with E-state index in [0.29, 0.717) is 0 Å². The normalized spacial score (nSPS) is 17.0. The molecule has 0 aliphatic carbocycles. The van der Waals surface area contributed by atoms with E-state index in [1.165, 1.54) is 0 Å². The van der Waals surface area contributed by atoms with E-state index in [1.807, 2.05) is 6.07 Å². The van der Waals surface area contributed by atoms with Gasteiger partial charge in [0.25, 0.3) is 0 Å². The molecule has 0 bridgehead atoms. The zero-order valence-corrected chi connectivity index (χ0v) is 9.31. The molecule has 0 spiro atoms. The van der Waals surface area contributed by atoms with Crippen molar-refractivity contribution in [3.05, 3.63) is 35.9 Å². The Bertz CT molecular complexity index is 342. The van der Waals surface area contributed by atoms with E-state index in [0.717, 1.165) is 5.56 Å². The highest BCUT2D eigenvalue weighted by molar-refractivity contribution is 7.57. The molecule has 1 unspecified atom stereocenters. The fourth-order valence-corrected chi connectivity index (χ4v) is 2.80. The summed E-state index contributed by atoms with van der Waals surface area (Å²) < 4.78 is 11.7. The Hall–Kier alpha value is -0.670. The molecule has 5 heteroatoms. The summed E-state index contributed by atoms with van der Waals surface area (Å²) in [7, 11) is -3.55. The van der Waals surface area contributed by atoms with Crippen molar-refractivity contribution in [3.63, 3.8) is 0 Å². The van der Waals surface area contributed by atoms with E-state index >= 15 is 0 Å². The predicted octanol–water partition coefficient (Wildman–Crippen LogP) is 1.12. The first-order valence-corrected chi connectivity index (χ1v) is 6.71. The molecule has 0 saturated carbocycles. The Labute approximate surface area is 89.2 Å². The van der Waals surface area contributed by atoms with Gasteiger partial charge in [0, 0.05) is 0 Å². The van der Waals surface area contributed by atoms with Gasteiger partial charge in [-0.3, -0.25) is 4.57 Å². The molecule has 1 aromatic rings. The maximum absolute atomic E-state index is 11.7. The Morgan fingerprint density at radius 1 is 1.33 bits per heavy atom. The van der Waals surface area contributed by atoms with Crippen molar-refractivity contribution in [1.82, 2.24) is 0 Å². The van der Waals surface area contributed by atoms with Gasteiger partial charge in [0.05, 0.1) is 6.16 Å². The van der Waals surface area contributed by atoms with E-state index in [4.69, 9.17) is 5.73 Å². The smallest absolute Gasteiger partial charge is 0.232 e. The van der Waals surface area contributed by atoms with Crippen LogP contribution in [0.3, 0.4) is 0 Å². The Morgan fingerprint density at radius 2 is 1.93 bits per heavy atom. The molecule has 0 aliphatic heterocycles. The fourth-order valence-electron chi connectivity index (χ4n) is 1.30. The largest absolute Gasteiger partial charge is 0.383 e. The third-order valence-corrected chi connectivity index (χ3v) is 4.15. The van der Waals surface area contributed by atoms with Gasteiger partial charge in [-0.2, -0.15) is 0 Å². The van der Waals surface area contributed by atoms with E-state index in [1.54, 1.807) is 24.3 Å². The standard InChI is InChI=1S/C10H16NO3P/c11-7-6-10(12)15(13,14)8-9-4-2-1-3-5-9/h1-5,10,12H,6-8,11H2,(H,13,14)/t10-/m1/s1. The molecule has 15 heavy (non-hydrogen) atoms. The lowest BCUT2D eigenvalue weighted by molar-refractivity contribution is 0.222. The quantitative estimate of drug-likeness (QED) is 0.661. The Kier molecular flexibility index (Phi) is 4.48. The van der Waals surface area contributed by atoms with Gasteiger partial charge < -0.3 is 15.7 Å². The molecule has 4 N–H and O–H groups in total. The first kappa shape index (κ1) is 12.4. The minimum Gasteiger partial charge on any atom is -0.383 e. The summed E-state index contributed by atoms with van der Waals surface area (Å²) in [5.74, 6) is -1.22. The van der Waals surface area contributed by atoms with E-state index in [2.05, 4.69) is 0 Å². The number of aliphatic hydroxyl groups is 1. The number of nitrogens with two attached hydrogens (primary N) is 1. The van der Waals surface area contributed by atoms with Crippen LogP contribution in [-0.2, 0) is 10.7 Å². The highest BCUT2D eigenvalue weighted by Crippen LogP contribution is 2.49. The first-order valence-electron chi connectivity index (χ1n) is 4.80. The van der Waals surface area contributed by atoms with Gasteiger partial charge in [-0.1, -0.05) is 30.3 Å². The van der Waals surface area contributed by atoms with Crippen molar-refractivity contribution in [1.29, 1.82) is 0 Å². The van der Waals surface area contributed by atoms with Crippen LogP contribution in [-0.4, -0.2) is 22.4 Å². The second-order valence-electron chi connectivity index (χ2n) is 3.46. The van der Waals surface area contributed by atoms with Crippen molar-refractivity contribution in [2.45, 2.75) is 18.4 Å². The van der Waals surface area contributed by atoms with Gasteiger partial charge in [-0.05, 0) is 18.5 Å². The van der Waals surface area contributed by atoms with Crippen LogP contribution in [0.15, 0.2) is 30.3 Å². The minimum absolute atomic E-state index is 0.00495. The molecule has 1 aromatic carbocycles. The molecule has 0 fully saturated rings. The van der Waals surface area contributed by atoms with Crippen LogP contribution in [0.4, 0.5) is 0 Å². The van der Waals surface area contributed by atoms with Crippen LogP contribution in [0, 0.1) is 0 Å². The predicted molar refractivity (Wildman–Crippen MR) is 59.6 cm³/mol. The number of hydrogen-bond donors (Lipinski definition) is 3. The van der Waals surface area contributed by atoms with Crippen molar-refractivity contribution < 1.29 is 14.6 Å². The van der Waals surface area contributed by atoms with Crippen LogP contribution in [0.5, 0.6) is 0 Å². The van der Waals surface area contributed by atoms with E-state index < -0.39 is 13.2 Å². The molecule has 2 atom stereocenters. The highest BCUT2D eigenvalue weighted by atomic mass is 31.2. The van der Waals surface area contributed by atoms with Crippen molar-refractivity contribution in [3.8, 4) is 0 Å². The van der Waals surface area contributed by atoms with E-state index in [9.17, 15) is 14.6 Å². The third-order valence-electron chi connectivity index (χ3n) is 2.14. The average Bonchev–Trinajstić information content (AvgIpc) is 2.19. The van der Waals surface area contributed by atoms with Gasteiger partial charge >= 0.3 is 0 Å². The number of hydrogen-bond acceptors (Lipinski definition) is 3. The summed E-state index contributed by atoms with van der Waals surface area (Å²) >= 11 is 0. The second-order valence-corrected chi connectivity index (χ2v) is 5.88. The highest BCUT2D eigenvalue weighted by Gasteiger charge is 2.28. The lowest BCUT2D eigenvalue weighted by atomic mass is 10.2. The van der Waals surface area contributed by atoms with Crippen molar-refractivity contribution >= 4 is 7.37 Å². The van der Waals surface area contributed by atoms with Crippen LogP contribution < -0.4 is 5.73 Å². The summed E-state index contributed by atoms with van der Waals surface area (Å²) in [5.41, 5.74) is 5.98. The maximum Gasteiger partial charge on any atom is 0.232 e. The summed E-state index contributed by atoms with van der Waals surface area (Å²) in [6.45, 7) is 0.209. The molecular weight excluding hydrogens is 213 g/mol. The van der Waals surface area contributed by atoms with Crippen LogP contribution >= 0.6 is 7.37 Å². The van der Waals surface area contributed by atoms with Gasteiger partial charge in [-0.25, -0.2) is 0 Å². The summed E-state index contributed by atoms with van der Waals surface area (Å²) in [6.07, 6.45) is 0.148. The molecule has 4 nitrogen and oxygen atoms in total. The lowest BCUT2D eigenvalue weighted by Crippen LogP contribution is -2.14. The molecule has 0 heterocycles. The number of rotatable bonds is 5. The average molecular weight is 229 g/mol. The molecule has 0 aliphatic rings. The molecule has 0 saturated heterocycles. The van der Waals surface area contributed by atoms with Gasteiger partial charge in [0.2, 0.25) is 7.37 Å². The molecular formula is C10H16NO3P. The zero-order valence-electron chi connectivity index (χ0n) is 8.41. The molecule has 0 aromatic heterocycles. The summed E-state index contributed by atoms with van der Waals surface area (Å²) in [6, 6.07) is 8.95. The molecule has 84 valence electrons. The zero-order chi connectivity index (χ0) is 11.3. The number of benzene rings is 1.